The van der Waals surface area contributed by atoms with Gasteiger partial charge >= 0.3 is 0 Å². The van der Waals surface area contributed by atoms with Gasteiger partial charge in [0.15, 0.2) is 0 Å². The Bertz CT molecular complexity index is 972. The van der Waals surface area contributed by atoms with Gasteiger partial charge in [-0.05, 0) is 36.8 Å². The average Bonchev–Trinajstić information content (AvgIpc) is 3.19. The van der Waals surface area contributed by atoms with Crippen molar-refractivity contribution in [2.45, 2.75) is 43.7 Å². The van der Waals surface area contributed by atoms with Crippen LogP contribution in [0.5, 0.6) is 0 Å². The molecule has 2 aliphatic heterocycles. The molecule has 0 bridgehead atoms. The first-order chi connectivity index (χ1) is 14.2. The molecular formula is C22H26N6O. The second kappa shape index (κ2) is 6.54. The van der Waals surface area contributed by atoms with Gasteiger partial charge in [-0.1, -0.05) is 12.8 Å². The number of ether oxygens (including phenoxy) is 1. The molecule has 29 heavy (non-hydrogen) atoms. The number of hydrogen-bond donors (Lipinski definition) is 1. The highest BCUT2D eigenvalue weighted by Crippen LogP contribution is 2.59. The number of nitrogens with two attached hydrogens (primary N) is 1. The van der Waals surface area contributed by atoms with Crippen LogP contribution in [0.2, 0.25) is 0 Å². The second-order valence-electron chi connectivity index (χ2n) is 9.10. The van der Waals surface area contributed by atoms with E-state index in [0.717, 1.165) is 36.3 Å². The molecule has 0 aromatic carbocycles. The summed E-state index contributed by atoms with van der Waals surface area (Å²) >= 11 is 0. The summed E-state index contributed by atoms with van der Waals surface area (Å²) in [6.45, 7) is 4.19. The van der Waals surface area contributed by atoms with E-state index in [9.17, 15) is 5.26 Å². The first kappa shape index (κ1) is 17.4. The van der Waals surface area contributed by atoms with Crippen LogP contribution in [0.15, 0.2) is 18.3 Å². The van der Waals surface area contributed by atoms with Gasteiger partial charge in [-0.3, -0.25) is 9.58 Å². The summed E-state index contributed by atoms with van der Waals surface area (Å²) < 4.78 is 7.71. The minimum atomic E-state index is 0.281. The van der Waals surface area contributed by atoms with Crippen molar-refractivity contribution < 1.29 is 4.74 Å². The van der Waals surface area contributed by atoms with Crippen molar-refractivity contribution in [1.29, 1.82) is 5.26 Å². The summed E-state index contributed by atoms with van der Waals surface area (Å²) in [7, 11) is 0. The van der Waals surface area contributed by atoms with Crippen molar-refractivity contribution >= 4 is 5.82 Å². The fourth-order valence-corrected chi connectivity index (χ4v) is 5.68. The predicted octanol–water partition coefficient (Wildman–Crippen LogP) is 2.56. The Labute approximate surface area is 170 Å². The fraction of sp³-hybridized carbons (Fsp3) is 0.591. The summed E-state index contributed by atoms with van der Waals surface area (Å²) in [6, 6.07) is 7.36. The third-order valence-corrected chi connectivity index (χ3v) is 7.47. The van der Waals surface area contributed by atoms with E-state index in [4.69, 9.17) is 15.6 Å². The van der Waals surface area contributed by atoms with Crippen LogP contribution in [0.1, 0.15) is 48.9 Å². The molecule has 4 heterocycles. The fourth-order valence-electron chi connectivity index (χ4n) is 5.68. The summed E-state index contributed by atoms with van der Waals surface area (Å²) in [5.74, 6) is 2.40. The van der Waals surface area contributed by atoms with E-state index in [-0.39, 0.29) is 5.82 Å². The maximum atomic E-state index is 9.31. The van der Waals surface area contributed by atoms with Gasteiger partial charge in [0, 0.05) is 36.5 Å². The SMILES string of the molecule is N#Cc1cc(-c2cc([C@H]3[C@@H]4CN(C5COC5)C[C@@H]43)n(C3CCCC3)n2)cnc1N. The standard InChI is InChI=1S/C22H26N6O/c23-7-13-5-14(8-25-22(13)24)19-6-20(28(26-19)15-3-1-2-4-15)21-17-9-27(10-18(17)21)16-11-29-12-16/h5-6,8,15-18,21H,1-4,9-12H2,(H2,24,25)/t17-,18+,21+. The normalized spacial score (nSPS) is 29.6. The van der Waals surface area contributed by atoms with Gasteiger partial charge in [0.1, 0.15) is 11.9 Å². The molecule has 0 spiro atoms. The monoisotopic (exact) mass is 390 g/mol. The lowest BCUT2D eigenvalue weighted by Crippen LogP contribution is -2.48. The maximum absolute atomic E-state index is 9.31. The third kappa shape index (κ3) is 2.77. The van der Waals surface area contributed by atoms with Crippen LogP contribution in [-0.4, -0.2) is 52.0 Å². The lowest BCUT2D eigenvalue weighted by molar-refractivity contribution is -0.0610. The molecule has 2 aromatic heterocycles. The van der Waals surface area contributed by atoms with E-state index >= 15 is 0 Å². The molecule has 0 unspecified atom stereocenters. The van der Waals surface area contributed by atoms with E-state index < -0.39 is 0 Å². The molecule has 4 fully saturated rings. The zero-order chi connectivity index (χ0) is 19.5. The van der Waals surface area contributed by atoms with Crippen molar-refractivity contribution in [3.05, 3.63) is 29.6 Å². The third-order valence-electron chi connectivity index (χ3n) is 7.47. The van der Waals surface area contributed by atoms with Crippen LogP contribution < -0.4 is 5.73 Å². The van der Waals surface area contributed by atoms with Gasteiger partial charge in [0.05, 0.1) is 36.6 Å². The van der Waals surface area contributed by atoms with Crippen LogP contribution in [0.3, 0.4) is 0 Å². The van der Waals surface area contributed by atoms with Crippen LogP contribution in [0.4, 0.5) is 5.82 Å². The molecule has 0 radical (unpaired) electrons. The maximum Gasteiger partial charge on any atom is 0.141 e. The number of anilines is 1. The molecule has 6 rings (SSSR count). The first-order valence-electron chi connectivity index (χ1n) is 10.8. The van der Waals surface area contributed by atoms with Crippen molar-refractivity contribution in [3.63, 3.8) is 0 Å². The molecule has 7 nitrogen and oxygen atoms in total. The number of nitrogens with zero attached hydrogens (tertiary/aromatic N) is 5. The Morgan fingerprint density at radius 2 is 1.86 bits per heavy atom. The Morgan fingerprint density at radius 3 is 2.52 bits per heavy atom. The van der Waals surface area contributed by atoms with Gasteiger partial charge in [0.2, 0.25) is 0 Å². The van der Waals surface area contributed by atoms with Crippen molar-refractivity contribution in [1.82, 2.24) is 19.7 Å². The zero-order valence-electron chi connectivity index (χ0n) is 16.5. The number of piperidine rings is 1. The van der Waals surface area contributed by atoms with Gasteiger partial charge in [0.25, 0.3) is 0 Å². The van der Waals surface area contributed by atoms with Crippen LogP contribution in [0.25, 0.3) is 11.3 Å². The topological polar surface area (TPSA) is 93.0 Å². The second-order valence-corrected chi connectivity index (χ2v) is 9.10. The van der Waals surface area contributed by atoms with E-state index in [1.54, 1.807) is 6.20 Å². The number of aromatic nitrogens is 3. The van der Waals surface area contributed by atoms with Crippen LogP contribution in [-0.2, 0) is 4.74 Å². The molecule has 2 saturated carbocycles. The van der Waals surface area contributed by atoms with Crippen LogP contribution >= 0.6 is 0 Å². The van der Waals surface area contributed by atoms with Crippen LogP contribution in [0, 0.1) is 23.2 Å². The van der Waals surface area contributed by atoms with Crippen molar-refractivity contribution in [3.8, 4) is 17.3 Å². The number of hydrogen-bond acceptors (Lipinski definition) is 6. The number of pyridine rings is 1. The van der Waals surface area contributed by atoms with Crippen molar-refractivity contribution in [2.24, 2.45) is 11.8 Å². The number of likely N-dealkylation sites (tertiary alicyclic amines) is 1. The number of nitriles is 1. The summed E-state index contributed by atoms with van der Waals surface area (Å²) in [6.07, 6.45) is 6.74. The molecule has 3 atom stereocenters. The highest BCUT2D eigenvalue weighted by atomic mass is 16.5. The Balaban J connectivity index is 1.31. The average molecular weight is 390 g/mol. The summed E-state index contributed by atoms with van der Waals surface area (Å²) in [5, 5.41) is 14.3. The lowest BCUT2D eigenvalue weighted by Gasteiger charge is -2.35. The van der Waals surface area contributed by atoms with Gasteiger partial charge in [-0.25, -0.2) is 4.98 Å². The Hall–Kier alpha value is -2.43. The number of fused-ring (bicyclic) bond motifs is 1. The van der Waals surface area contributed by atoms with Crippen molar-refractivity contribution in [2.75, 3.05) is 32.0 Å². The molecule has 2 aromatic rings. The molecule has 2 saturated heterocycles. The molecule has 0 amide bonds. The van der Waals surface area contributed by atoms with E-state index in [1.807, 2.05) is 6.07 Å². The number of nitrogen functional groups attached to an aromatic ring is 1. The lowest BCUT2D eigenvalue weighted by atomic mass is 10.1. The molecular weight excluding hydrogens is 364 g/mol. The van der Waals surface area contributed by atoms with Gasteiger partial charge < -0.3 is 10.5 Å². The summed E-state index contributed by atoms with van der Waals surface area (Å²) in [5.41, 5.74) is 9.43. The number of rotatable bonds is 4. The Morgan fingerprint density at radius 1 is 1.10 bits per heavy atom. The molecule has 150 valence electrons. The summed E-state index contributed by atoms with van der Waals surface area (Å²) in [4.78, 5) is 6.83. The zero-order valence-corrected chi connectivity index (χ0v) is 16.5. The molecule has 2 aliphatic carbocycles. The molecule has 7 heteroatoms. The minimum absolute atomic E-state index is 0.281. The van der Waals surface area contributed by atoms with E-state index in [0.29, 0.717) is 23.6 Å². The smallest absolute Gasteiger partial charge is 0.141 e. The largest absolute Gasteiger partial charge is 0.383 e. The van der Waals surface area contributed by atoms with E-state index in [2.05, 4.69) is 26.7 Å². The first-order valence-corrected chi connectivity index (χ1v) is 10.8. The quantitative estimate of drug-likeness (QED) is 0.862. The highest BCUT2D eigenvalue weighted by Gasteiger charge is 2.59. The highest BCUT2D eigenvalue weighted by molar-refractivity contribution is 5.64. The minimum Gasteiger partial charge on any atom is -0.383 e. The Kier molecular flexibility index (Phi) is 3.93. The van der Waals surface area contributed by atoms with Gasteiger partial charge in [-0.15, -0.1) is 0 Å². The molecule has 2 N–H and O–H groups in total. The van der Waals surface area contributed by atoms with E-state index in [1.165, 1.54) is 44.5 Å². The van der Waals surface area contributed by atoms with Gasteiger partial charge in [-0.2, -0.15) is 10.4 Å². The molecule has 4 aliphatic rings. The predicted molar refractivity (Wildman–Crippen MR) is 108 cm³/mol.